The summed E-state index contributed by atoms with van der Waals surface area (Å²) in [5.41, 5.74) is 3.40. The summed E-state index contributed by atoms with van der Waals surface area (Å²) in [5.74, 6) is -1.21. The molecule has 0 saturated heterocycles. The van der Waals surface area contributed by atoms with Crippen molar-refractivity contribution in [2.24, 2.45) is 0 Å². The maximum Gasteiger partial charge on any atom is 0.586 e. The molecule has 0 amide bonds. The number of nitrogens with zero attached hydrogens (tertiary/aromatic N) is 1. The minimum Gasteiger partial charge on any atom is -0.478 e. The van der Waals surface area contributed by atoms with Crippen LogP contribution in [-0.2, 0) is 16.6 Å². The fraction of sp³-hybridized carbons (Fsp3) is 0.269. The first-order valence-corrected chi connectivity index (χ1v) is 10.8. The summed E-state index contributed by atoms with van der Waals surface area (Å²) in [5, 5.41) is 9.45. The van der Waals surface area contributed by atoms with Crippen molar-refractivity contribution in [1.82, 2.24) is 4.98 Å². The van der Waals surface area contributed by atoms with E-state index in [4.69, 9.17) is 0 Å². The van der Waals surface area contributed by atoms with E-state index in [0.717, 1.165) is 5.56 Å². The number of carbonyl (C=O) groups excluding carboxylic acids is 1. The fourth-order valence-corrected chi connectivity index (χ4v) is 4.39. The van der Waals surface area contributed by atoms with Crippen molar-refractivity contribution in [1.29, 1.82) is 0 Å². The van der Waals surface area contributed by atoms with Gasteiger partial charge >= 0.3 is 12.3 Å². The van der Waals surface area contributed by atoms with Gasteiger partial charge in [0.2, 0.25) is 0 Å². The van der Waals surface area contributed by atoms with Crippen LogP contribution in [0.3, 0.4) is 0 Å². The molecule has 1 aliphatic heterocycles. The van der Waals surface area contributed by atoms with Crippen LogP contribution in [0.5, 0.6) is 11.5 Å². The van der Waals surface area contributed by atoms with Crippen LogP contribution in [0.15, 0.2) is 48.5 Å². The van der Waals surface area contributed by atoms with E-state index >= 15 is 0 Å². The summed E-state index contributed by atoms with van der Waals surface area (Å²) < 4.78 is 35.7. The van der Waals surface area contributed by atoms with E-state index < -0.39 is 17.7 Å². The first kappa shape index (κ1) is 22.0. The predicted octanol–water partition coefficient (Wildman–Crippen LogP) is 5.23. The Hall–Kier alpha value is -3.81. The number of aromatic nitrogens is 1. The molecule has 5 rings (SSSR count). The first-order chi connectivity index (χ1) is 16.1. The van der Waals surface area contributed by atoms with Gasteiger partial charge in [-0.2, -0.15) is 0 Å². The van der Waals surface area contributed by atoms with E-state index in [9.17, 15) is 23.5 Å². The van der Waals surface area contributed by atoms with E-state index in [1.807, 2.05) is 19.1 Å². The number of carboxylic acid groups (broad SMARTS) is 1. The number of hydrogen-bond acceptors (Lipinski definition) is 5. The lowest BCUT2D eigenvalue weighted by molar-refractivity contribution is -0.286. The van der Waals surface area contributed by atoms with Crippen molar-refractivity contribution >= 4 is 11.8 Å². The normalized spacial score (nSPS) is 16.8. The summed E-state index contributed by atoms with van der Waals surface area (Å²) in [4.78, 5) is 29.5. The number of hydrogen-bond donors (Lipinski definition) is 1. The SMILES string of the molecule is Cc1ccc(-c2nc(CC(=O)C3(c4ccc5c(c4)OC(F)(F)O5)CC3)ccc2C)cc1C(=O)O. The van der Waals surface area contributed by atoms with Gasteiger partial charge in [-0.25, -0.2) is 4.79 Å². The number of alkyl halides is 2. The summed E-state index contributed by atoms with van der Waals surface area (Å²) >= 11 is 0. The van der Waals surface area contributed by atoms with Crippen LogP contribution in [0.4, 0.5) is 8.78 Å². The number of aromatic carboxylic acids is 1. The van der Waals surface area contributed by atoms with Gasteiger partial charge in [0.25, 0.3) is 0 Å². The van der Waals surface area contributed by atoms with Gasteiger partial charge in [0.05, 0.1) is 16.7 Å². The van der Waals surface area contributed by atoms with Crippen LogP contribution in [0.1, 0.15) is 45.6 Å². The van der Waals surface area contributed by atoms with Crippen molar-refractivity contribution in [3.8, 4) is 22.8 Å². The smallest absolute Gasteiger partial charge is 0.478 e. The molecule has 2 aromatic carbocycles. The largest absolute Gasteiger partial charge is 0.586 e. The van der Waals surface area contributed by atoms with E-state index in [1.165, 1.54) is 12.1 Å². The van der Waals surface area contributed by atoms with Crippen LogP contribution in [0.25, 0.3) is 11.3 Å². The van der Waals surface area contributed by atoms with Crippen molar-refractivity contribution in [3.05, 3.63) is 76.5 Å². The zero-order valence-electron chi connectivity index (χ0n) is 18.5. The Bertz CT molecular complexity index is 1350. The highest BCUT2D eigenvalue weighted by molar-refractivity contribution is 5.95. The Labute approximate surface area is 194 Å². The van der Waals surface area contributed by atoms with Gasteiger partial charge < -0.3 is 14.6 Å². The Morgan fingerprint density at radius 3 is 2.38 bits per heavy atom. The predicted molar refractivity (Wildman–Crippen MR) is 118 cm³/mol. The molecule has 1 saturated carbocycles. The van der Waals surface area contributed by atoms with Gasteiger partial charge in [0, 0.05) is 17.7 Å². The van der Waals surface area contributed by atoms with Gasteiger partial charge in [-0.05, 0) is 67.6 Å². The zero-order chi connectivity index (χ0) is 24.3. The second kappa shape index (κ2) is 7.62. The molecule has 1 aliphatic carbocycles. The third-order valence-corrected chi connectivity index (χ3v) is 6.48. The molecule has 2 aliphatic rings. The van der Waals surface area contributed by atoms with Crippen LogP contribution < -0.4 is 9.47 Å². The van der Waals surface area contributed by atoms with E-state index in [0.29, 0.717) is 40.9 Å². The summed E-state index contributed by atoms with van der Waals surface area (Å²) in [6.07, 6.45) is -2.42. The summed E-state index contributed by atoms with van der Waals surface area (Å²) in [7, 11) is 0. The Morgan fingerprint density at radius 1 is 0.971 bits per heavy atom. The Kier molecular flexibility index (Phi) is 4.93. The number of Topliss-reactive ketones (excluding diaryl/α,β-unsaturated/α-hetero) is 1. The molecule has 1 N–H and O–H groups in total. The van der Waals surface area contributed by atoms with Gasteiger partial charge in [-0.1, -0.05) is 24.3 Å². The molecular weight excluding hydrogens is 444 g/mol. The van der Waals surface area contributed by atoms with Crippen molar-refractivity contribution < 1.29 is 33.0 Å². The van der Waals surface area contributed by atoms with E-state index in [1.54, 1.807) is 31.2 Å². The molecule has 3 aromatic rings. The lowest BCUT2D eigenvalue weighted by Crippen LogP contribution is -2.26. The molecule has 1 fully saturated rings. The lowest BCUT2D eigenvalue weighted by Gasteiger charge is -2.16. The Balaban J connectivity index is 1.41. The second-order valence-electron chi connectivity index (χ2n) is 8.81. The maximum absolute atomic E-state index is 13.4. The number of aryl methyl sites for hydroxylation is 2. The van der Waals surface area contributed by atoms with E-state index in [-0.39, 0.29) is 29.3 Å². The highest BCUT2D eigenvalue weighted by Crippen LogP contribution is 2.52. The number of pyridine rings is 1. The fourth-order valence-electron chi connectivity index (χ4n) is 4.39. The first-order valence-electron chi connectivity index (χ1n) is 10.8. The van der Waals surface area contributed by atoms with Gasteiger partial charge in [0.1, 0.15) is 5.78 Å². The molecule has 0 spiro atoms. The molecular formula is C26H21F2NO5. The molecule has 1 aromatic heterocycles. The average molecular weight is 465 g/mol. The monoisotopic (exact) mass is 465 g/mol. The second-order valence-corrected chi connectivity index (χ2v) is 8.81. The third-order valence-electron chi connectivity index (χ3n) is 6.48. The number of carboxylic acids is 1. The number of carbonyl (C=O) groups is 2. The summed E-state index contributed by atoms with van der Waals surface area (Å²) in [6, 6.07) is 13.2. The lowest BCUT2D eigenvalue weighted by atomic mass is 9.88. The van der Waals surface area contributed by atoms with Crippen LogP contribution >= 0.6 is 0 Å². The van der Waals surface area contributed by atoms with Crippen molar-refractivity contribution in [2.45, 2.75) is 44.8 Å². The average Bonchev–Trinajstić information content (AvgIpc) is 3.52. The zero-order valence-corrected chi connectivity index (χ0v) is 18.5. The molecule has 0 atom stereocenters. The number of ketones is 1. The molecule has 174 valence electrons. The van der Waals surface area contributed by atoms with E-state index in [2.05, 4.69) is 14.5 Å². The van der Waals surface area contributed by atoms with Crippen LogP contribution in [-0.4, -0.2) is 28.1 Å². The highest BCUT2D eigenvalue weighted by Gasteiger charge is 2.52. The number of fused-ring (bicyclic) bond motifs is 1. The standard InChI is InChI=1S/C26H21F2NO5/c1-14-3-5-16(11-19(14)24(31)32)23-15(2)4-7-18(29-23)13-22(30)25(9-10-25)17-6-8-20-21(12-17)34-26(27,28)33-20/h3-8,11-12H,9-10,13H2,1-2H3,(H,31,32). The molecule has 0 radical (unpaired) electrons. The topological polar surface area (TPSA) is 85.7 Å². The molecule has 34 heavy (non-hydrogen) atoms. The number of rotatable bonds is 6. The minimum absolute atomic E-state index is 0.0549. The number of halogens is 2. The highest BCUT2D eigenvalue weighted by atomic mass is 19.3. The summed E-state index contributed by atoms with van der Waals surface area (Å²) in [6.45, 7) is 3.61. The van der Waals surface area contributed by atoms with Crippen molar-refractivity contribution in [2.75, 3.05) is 0 Å². The molecule has 0 unspecified atom stereocenters. The number of benzene rings is 2. The number of ether oxygens (including phenoxy) is 2. The van der Waals surface area contributed by atoms with Gasteiger partial charge in [-0.3, -0.25) is 9.78 Å². The minimum atomic E-state index is -3.71. The molecule has 8 heteroatoms. The van der Waals surface area contributed by atoms with Crippen LogP contribution in [0, 0.1) is 13.8 Å². The third kappa shape index (κ3) is 3.79. The Morgan fingerprint density at radius 2 is 1.68 bits per heavy atom. The van der Waals surface area contributed by atoms with Gasteiger partial charge in [-0.15, -0.1) is 8.78 Å². The maximum atomic E-state index is 13.4. The molecule has 2 heterocycles. The van der Waals surface area contributed by atoms with Gasteiger partial charge in [0.15, 0.2) is 11.5 Å². The molecule has 6 nitrogen and oxygen atoms in total. The molecule has 0 bridgehead atoms. The quantitative estimate of drug-likeness (QED) is 0.537. The van der Waals surface area contributed by atoms with Crippen molar-refractivity contribution in [3.63, 3.8) is 0 Å². The van der Waals surface area contributed by atoms with Crippen LogP contribution in [0.2, 0.25) is 0 Å².